The molecule has 1 aromatic carbocycles. The average Bonchev–Trinajstić information content (AvgIpc) is 2.50. The number of anilines is 1. The lowest BCUT2D eigenvalue weighted by Crippen LogP contribution is -2.24. The molecule has 0 spiro atoms. The molecule has 1 aliphatic rings. The monoisotopic (exact) mass is 290 g/mol. The van der Waals surface area contributed by atoms with E-state index in [1.54, 1.807) is 6.08 Å². The van der Waals surface area contributed by atoms with Crippen molar-refractivity contribution >= 4 is 11.8 Å². The van der Waals surface area contributed by atoms with Gasteiger partial charge in [-0.15, -0.1) is 0 Å². The van der Waals surface area contributed by atoms with Crippen molar-refractivity contribution in [2.24, 2.45) is 0 Å². The van der Waals surface area contributed by atoms with Gasteiger partial charge in [0, 0.05) is 11.8 Å². The highest BCUT2D eigenvalue weighted by Gasteiger charge is 2.10. The van der Waals surface area contributed by atoms with Crippen LogP contribution in [0.25, 0.3) is 6.08 Å². The lowest BCUT2D eigenvalue weighted by molar-refractivity contribution is 0.252. The fraction of sp³-hybridized carbons (Fsp3) is 0.529. The zero-order valence-corrected chi connectivity index (χ0v) is 13.0. The number of fused-ring (bicyclic) bond motifs is 1. The first-order valence-electron chi connectivity index (χ1n) is 7.85. The summed E-state index contributed by atoms with van der Waals surface area (Å²) in [5.41, 5.74) is 2.00. The van der Waals surface area contributed by atoms with Gasteiger partial charge in [-0.2, -0.15) is 0 Å². The lowest BCUT2D eigenvalue weighted by atomic mass is 10.1. The van der Waals surface area contributed by atoms with Crippen LogP contribution in [0.15, 0.2) is 24.3 Å². The Morgan fingerprint density at radius 1 is 1.24 bits per heavy atom. The Morgan fingerprint density at radius 3 is 2.81 bits per heavy atom. The quantitative estimate of drug-likeness (QED) is 0.723. The molecule has 1 heterocycles. The molecule has 1 atom stereocenters. The van der Waals surface area contributed by atoms with Crippen LogP contribution in [-0.4, -0.2) is 42.5 Å². The zero-order chi connectivity index (χ0) is 15.1. The van der Waals surface area contributed by atoms with E-state index in [1.807, 2.05) is 24.3 Å². The van der Waals surface area contributed by atoms with Gasteiger partial charge in [0.1, 0.15) is 12.0 Å². The molecule has 0 bridgehead atoms. The molecule has 0 aromatic heterocycles. The largest absolute Gasteiger partial charge is 0.494 e. The van der Waals surface area contributed by atoms with Crippen LogP contribution in [0.5, 0.6) is 5.75 Å². The van der Waals surface area contributed by atoms with Crippen LogP contribution in [0.2, 0.25) is 0 Å². The minimum Gasteiger partial charge on any atom is -0.494 e. The number of aliphatic hydroxyl groups is 1. The number of hydrogen-bond acceptors (Lipinski definition) is 4. The summed E-state index contributed by atoms with van der Waals surface area (Å²) in [5, 5.41) is 12.6. The van der Waals surface area contributed by atoms with E-state index in [0.29, 0.717) is 0 Å². The van der Waals surface area contributed by atoms with Gasteiger partial charge in [0.25, 0.3) is 0 Å². The fourth-order valence-electron chi connectivity index (χ4n) is 2.47. The van der Waals surface area contributed by atoms with Gasteiger partial charge in [0.2, 0.25) is 0 Å². The molecule has 1 aromatic rings. The van der Waals surface area contributed by atoms with E-state index in [-0.39, 0.29) is 0 Å². The highest BCUT2D eigenvalue weighted by molar-refractivity contribution is 5.71. The van der Waals surface area contributed by atoms with E-state index in [9.17, 15) is 5.11 Å². The molecule has 21 heavy (non-hydrogen) atoms. The molecular weight excluding hydrogens is 264 g/mol. The summed E-state index contributed by atoms with van der Waals surface area (Å²) in [5.74, 6) is 0.853. The molecule has 4 nitrogen and oxygen atoms in total. The molecule has 1 unspecified atom stereocenters. The van der Waals surface area contributed by atoms with Gasteiger partial charge in [0.05, 0.1) is 6.61 Å². The van der Waals surface area contributed by atoms with Crippen LogP contribution in [0, 0.1) is 0 Å². The van der Waals surface area contributed by atoms with Crippen LogP contribution < -0.4 is 10.1 Å². The van der Waals surface area contributed by atoms with Crippen molar-refractivity contribution in [1.29, 1.82) is 0 Å². The lowest BCUT2D eigenvalue weighted by Gasteiger charge is -2.19. The van der Waals surface area contributed by atoms with Crippen LogP contribution in [0.1, 0.15) is 32.3 Å². The molecule has 116 valence electrons. The maximum atomic E-state index is 9.55. The summed E-state index contributed by atoms with van der Waals surface area (Å²) < 4.78 is 5.79. The van der Waals surface area contributed by atoms with Crippen LogP contribution in [0.4, 0.5) is 5.69 Å². The molecule has 0 saturated carbocycles. The Labute approximate surface area is 127 Å². The number of benzene rings is 1. The predicted octanol–water partition coefficient (Wildman–Crippen LogP) is 2.94. The number of unbranched alkanes of at least 4 members (excludes halogenated alkanes) is 1. The first-order chi connectivity index (χ1) is 10.2. The number of aliphatic hydroxyl groups excluding tert-OH is 1. The number of hydrogen-bond donors (Lipinski definition) is 2. The molecule has 0 saturated heterocycles. The van der Waals surface area contributed by atoms with Crippen molar-refractivity contribution in [2.45, 2.75) is 32.9 Å². The third kappa shape index (κ3) is 4.76. The zero-order valence-electron chi connectivity index (χ0n) is 13.0. The van der Waals surface area contributed by atoms with E-state index >= 15 is 0 Å². The van der Waals surface area contributed by atoms with E-state index in [1.165, 1.54) is 0 Å². The summed E-state index contributed by atoms with van der Waals surface area (Å²) in [6, 6.07) is 5.94. The summed E-state index contributed by atoms with van der Waals surface area (Å²) in [4.78, 5) is 2.43. The third-order valence-corrected chi connectivity index (χ3v) is 3.82. The van der Waals surface area contributed by atoms with Crippen LogP contribution >= 0.6 is 0 Å². The molecule has 0 amide bonds. The van der Waals surface area contributed by atoms with Crippen molar-refractivity contribution in [3.8, 4) is 5.75 Å². The summed E-state index contributed by atoms with van der Waals surface area (Å²) in [6.07, 6.45) is 5.26. The van der Waals surface area contributed by atoms with Crippen molar-refractivity contribution in [3.63, 3.8) is 0 Å². The summed E-state index contributed by atoms with van der Waals surface area (Å²) >= 11 is 0. The summed E-state index contributed by atoms with van der Waals surface area (Å²) in [6.45, 7) is 8.50. The van der Waals surface area contributed by atoms with E-state index < -0.39 is 6.23 Å². The predicted molar refractivity (Wildman–Crippen MR) is 87.6 cm³/mol. The van der Waals surface area contributed by atoms with Crippen LogP contribution in [0.3, 0.4) is 0 Å². The molecule has 2 N–H and O–H groups in total. The second-order valence-electron chi connectivity index (χ2n) is 5.28. The minimum atomic E-state index is -0.609. The fourth-order valence-corrected chi connectivity index (χ4v) is 2.47. The highest BCUT2D eigenvalue weighted by atomic mass is 16.5. The van der Waals surface area contributed by atoms with Crippen molar-refractivity contribution in [1.82, 2.24) is 4.90 Å². The van der Waals surface area contributed by atoms with Crippen LogP contribution in [-0.2, 0) is 0 Å². The Morgan fingerprint density at radius 2 is 2.05 bits per heavy atom. The van der Waals surface area contributed by atoms with E-state index in [0.717, 1.165) is 56.1 Å². The van der Waals surface area contributed by atoms with E-state index in [4.69, 9.17) is 4.74 Å². The molecule has 0 aliphatic carbocycles. The van der Waals surface area contributed by atoms with Gasteiger partial charge >= 0.3 is 0 Å². The Balaban J connectivity index is 1.74. The molecule has 0 radical (unpaired) electrons. The van der Waals surface area contributed by atoms with Crippen molar-refractivity contribution < 1.29 is 9.84 Å². The smallest absolute Gasteiger partial charge is 0.144 e. The third-order valence-electron chi connectivity index (χ3n) is 3.82. The normalized spacial score (nSPS) is 16.7. The topological polar surface area (TPSA) is 44.7 Å². The maximum Gasteiger partial charge on any atom is 0.144 e. The van der Waals surface area contributed by atoms with Crippen molar-refractivity contribution in [2.75, 3.05) is 31.6 Å². The first-order valence-corrected chi connectivity index (χ1v) is 7.85. The number of nitrogens with one attached hydrogen (secondary N) is 1. The SMILES string of the molecule is CCN(CC)CCCCOc1ccc2c(c1)NC(O)C=C2. The highest BCUT2D eigenvalue weighted by Crippen LogP contribution is 2.27. The molecule has 1 aliphatic heterocycles. The standard InChI is InChI=1S/C17H26N2O2/c1-3-19(4-2)11-5-6-12-21-15-9-7-14-8-10-17(20)18-16(14)13-15/h7-10,13,17-18,20H,3-6,11-12H2,1-2H3. The van der Waals surface area contributed by atoms with Gasteiger partial charge in [-0.3, -0.25) is 0 Å². The molecule has 2 rings (SSSR count). The van der Waals surface area contributed by atoms with Gasteiger partial charge in [-0.25, -0.2) is 0 Å². The Kier molecular flexibility index (Phi) is 6.08. The first kappa shape index (κ1) is 15.9. The van der Waals surface area contributed by atoms with Gasteiger partial charge in [0.15, 0.2) is 0 Å². The molecule has 0 fully saturated rings. The number of ether oxygens (including phenoxy) is 1. The molecule has 4 heteroatoms. The number of nitrogens with zero attached hydrogens (tertiary/aromatic N) is 1. The molecular formula is C17H26N2O2. The maximum absolute atomic E-state index is 9.55. The Hall–Kier alpha value is -1.52. The summed E-state index contributed by atoms with van der Waals surface area (Å²) in [7, 11) is 0. The van der Waals surface area contributed by atoms with Gasteiger partial charge in [-0.05, 0) is 56.2 Å². The average molecular weight is 290 g/mol. The number of rotatable bonds is 8. The Bertz CT molecular complexity index is 470. The second kappa shape index (κ2) is 8.05. The second-order valence-corrected chi connectivity index (χ2v) is 5.28. The van der Waals surface area contributed by atoms with Gasteiger partial charge in [-0.1, -0.05) is 19.9 Å². The van der Waals surface area contributed by atoms with E-state index in [2.05, 4.69) is 24.1 Å². The van der Waals surface area contributed by atoms with Crippen molar-refractivity contribution in [3.05, 3.63) is 29.8 Å². The van der Waals surface area contributed by atoms with Gasteiger partial charge < -0.3 is 20.1 Å². The minimum absolute atomic E-state index is 0.609.